The quantitative estimate of drug-likeness (QED) is 0.780. The molecule has 2 aromatic rings. The third kappa shape index (κ3) is 3.45. The highest BCUT2D eigenvalue weighted by molar-refractivity contribution is 6.37. The average Bonchev–Trinajstić information content (AvgIpc) is 2.85. The highest BCUT2D eigenvalue weighted by Crippen LogP contribution is 2.48. The molecule has 1 aliphatic heterocycles. The fourth-order valence-electron chi connectivity index (χ4n) is 3.50. The number of nitrogens with zero attached hydrogens (tertiary/aromatic N) is 2. The molecule has 27 heavy (non-hydrogen) atoms. The Morgan fingerprint density at radius 2 is 1.78 bits per heavy atom. The number of carbonyl (C=O) groups is 1. The van der Waals surface area contributed by atoms with Gasteiger partial charge in [0, 0.05) is 23.7 Å². The number of amides is 1. The predicted octanol–water partition coefficient (Wildman–Crippen LogP) is 4.06. The first kappa shape index (κ1) is 20.1. The molecule has 1 unspecified atom stereocenters. The van der Waals surface area contributed by atoms with Gasteiger partial charge in [0.2, 0.25) is 0 Å². The van der Waals surface area contributed by atoms with Gasteiger partial charge in [-0.15, -0.1) is 0 Å². The lowest BCUT2D eigenvalue weighted by atomic mass is 9.87. The Balaban J connectivity index is 2.10. The highest BCUT2D eigenvalue weighted by atomic mass is 35.5. The summed E-state index contributed by atoms with van der Waals surface area (Å²) in [6, 6.07) is 8.35. The summed E-state index contributed by atoms with van der Waals surface area (Å²) >= 11 is 12.5. The molecular weight excluding hydrogens is 390 g/mol. The summed E-state index contributed by atoms with van der Waals surface area (Å²) in [5.41, 5.74) is -0.945. The Morgan fingerprint density at radius 3 is 2.37 bits per heavy atom. The van der Waals surface area contributed by atoms with E-state index in [1.165, 1.54) is 35.2 Å². The van der Waals surface area contributed by atoms with Crippen molar-refractivity contribution >= 4 is 34.8 Å². The molecule has 0 bridgehead atoms. The molecule has 1 atom stereocenters. The second kappa shape index (κ2) is 7.76. The number of rotatable bonds is 6. The van der Waals surface area contributed by atoms with Crippen LogP contribution in [-0.2, 0) is 10.4 Å². The maximum absolute atomic E-state index is 13.4. The molecule has 4 nitrogen and oxygen atoms in total. The first-order chi connectivity index (χ1) is 12.8. The monoisotopic (exact) mass is 410 g/mol. The Morgan fingerprint density at radius 1 is 1.15 bits per heavy atom. The normalized spacial score (nSPS) is 19.1. The van der Waals surface area contributed by atoms with Crippen molar-refractivity contribution in [3.8, 4) is 0 Å². The van der Waals surface area contributed by atoms with Gasteiger partial charge in [-0.25, -0.2) is 4.39 Å². The Hall–Kier alpha value is -1.66. The lowest BCUT2D eigenvalue weighted by Gasteiger charge is -2.26. The molecule has 0 spiro atoms. The van der Waals surface area contributed by atoms with Crippen LogP contribution < -0.4 is 4.90 Å². The van der Waals surface area contributed by atoms with Crippen molar-refractivity contribution < 1.29 is 14.3 Å². The molecule has 144 valence electrons. The van der Waals surface area contributed by atoms with Gasteiger partial charge in [0.25, 0.3) is 5.91 Å². The first-order valence-corrected chi connectivity index (χ1v) is 9.60. The zero-order valence-electron chi connectivity index (χ0n) is 15.2. The van der Waals surface area contributed by atoms with E-state index < -0.39 is 17.3 Å². The highest BCUT2D eigenvalue weighted by Gasteiger charge is 2.52. The lowest BCUT2D eigenvalue weighted by Crippen LogP contribution is -2.44. The molecular formula is C20H21Cl2FN2O2. The third-order valence-electron chi connectivity index (χ3n) is 5.04. The van der Waals surface area contributed by atoms with Crippen LogP contribution in [0.1, 0.15) is 25.0 Å². The number of fused-ring (bicyclic) bond motifs is 1. The van der Waals surface area contributed by atoms with Gasteiger partial charge in [-0.2, -0.15) is 0 Å². The van der Waals surface area contributed by atoms with Crippen molar-refractivity contribution in [1.29, 1.82) is 0 Å². The predicted molar refractivity (Wildman–Crippen MR) is 106 cm³/mol. The second-order valence-corrected chi connectivity index (χ2v) is 7.33. The van der Waals surface area contributed by atoms with Gasteiger partial charge in [-0.05, 0) is 42.9 Å². The van der Waals surface area contributed by atoms with Crippen LogP contribution >= 0.6 is 23.2 Å². The van der Waals surface area contributed by atoms with Crippen molar-refractivity contribution in [2.75, 3.05) is 31.1 Å². The van der Waals surface area contributed by atoms with Gasteiger partial charge in [0.1, 0.15) is 5.82 Å². The average molecular weight is 411 g/mol. The van der Waals surface area contributed by atoms with Crippen LogP contribution in [0.2, 0.25) is 10.0 Å². The number of likely N-dealkylation sites (N-methyl/N-ethyl adjacent to an activating group) is 1. The Kier molecular flexibility index (Phi) is 5.77. The van der Waals surface area contributed by atoms with Crippen molar-refractivity contribution in [1.82, 2.24) is 4.90 Å². The zero-order valence-corrected chi connectivity index (χ0v) is 16.7. The van der Waals surface area contributed by atoms with Crippen molar-refractivity contribution in [3.63, 3.8) is 0 Å². The van der Waals surface area contributed by atoms with E-state index in [0.29, 0.717) is 23.8 Å². The molecule has 3 rings (SSSR count). The summed E-state index contributed by atoms with van der Waals surface area (Å²) in [7, 11) is 0. The fraction of sp³-hybridized carbons (Fsp3) is 0.350. The van der Waals surface area contributed by atoms with E-state index in [-0.39, 0.29) is 16.1 Å². The second-order valence-electron chi connectivity index (χ2n) is 6.48. The van der Waals surface area contributed by atoms with E-state index in [1.807, 2.05) is 13.8 Å². The van der Waals surface area contributed by atoms with Crippen LogP contribution in [0.25, 0.3) is 0 Å². The van der Waals surface area contributed by atoms with E-state index in [4.69, 9.17) is 23.2 Å². The van der Waals surface area contributed by atoms with Gasteiger partial charge in [0.05, 0.1) is 10.7 Å². The van der Waals surface area contributed by atoms with E-state index in [0.717, 1.165) is 13.1 Å². The molecule has 0 radical (unpaired) electrons. The van der Waals surface area contributed by atoms with E-state index in [2.05, 4.69) is 4.90 Å². The topological polar surface area (TPSA) is 43.8 Å². The largest absolute Gasteiger partial charge is 0.372 e. The number of anilines is 1. The maximum Gasteiger partial charge on any atom is 0.268 e. The molecule has 0 fully saturated rings. The van der Waals surface area contributed by atoms with Gasteiger partial charge < -0.3 is 14.9 Å². The van der Waals surface area contributed by atoms with Gasteiger partial charge in [-0.1, -0.05) is 49.2 Å². The van der Waals surface area contributed by atoms with E-state index in [9.17, 15) is 14.3 Å². The number of benzene rings is 2. The van der Waals surface area contributed by atoms with Crippen molar-refractivity contribution in [3.05, 3.63) is 63.4 Å². The fourth-order valence-corrected chi connectivity index (χ4v) is 4.12. The number of halogens is 3. The van der Waals surface area contributed by atoms with Crippen LogP contribution in [0, 0.1) is 5.82 Å². The Labute approximate surface area is 168 Å². The van der Waals surface area contributed by atoms with Crippen molar-refractivity contribution in [2.45, 2.75) is 19.4 Å². The minimum Gasteiger partial charge on any atom is -0.372 e. The molecule has 0 aromatic heterocycles. The van der Waals surface area contributed by atoms with Crippen LogP contribution in [0.5, 0.6) is 0 Å². The molecule has 0 saturated carbocycles. The van der Waals surface area contributed by atoms with Crippen molar-refractivity contribution in [2.24, 2.45) is 0 Å². The van der Waals surface area contributed by atoms with Crippen LogP contribution in [0.4, 0.5) is 10.1 Å². The SMILES string of the molecule is CCN(CC)CCN1C(=O)C(O)(c2ccc(F)cc2)c2c(Cl)cc(Cl)cc21. The Bertz CT molecular complexity index is 856. The minimum absolute atomic E-state index is 0.197. The maximum atomic E-state index is 13.4. The summed E-state index contributed by atoms with van der Waals surface area (Å²) in [4.78, 5) is 17.0. The molecule has 1 heterocycles. The molecule has 0 saturated heterocycles. The van der Waals surface area contributed by atoms with Crippen LogP contribution in [0.3, 0.4) is 0 Å². The number of aliphatic hydroxyl groups is 1. The molecule has 0 aliphatic carbocycles. The van der Waals surface area contributed by atoms with Gasteiger partial charge in [0.15, 0.2) is 5.60 Å². The minimum atomic E-state index is -1.98. The first-order valence-electron chi connectivity index (χ1n) is 8.85. The molecule has 1 aliphatic rings. The lowest BCUT2D eigenvalue weighted by molar-refractivity contribution is -0.132. The number of hydrogen-bond donors (Lipinski definition) is 1. The number of hydrogen-bond acceptors (Lipinski definition) is 3. The summed E-state index contributed by atoms with van der Waals surface area (Å²) < 4.78 is 13.4. The zero-order chi connectivity index (χ0) is 19.8. The van der Waals surface area contributed by atoms with E-state index >= 15 is 0 Å². The summed E-state index contributed by atoms with van der Waals surface area (Å²) in [5.74, 6) is -0.964. The van der Waals surface area contributed by atoms with E-state index in [1.54, 1.807) is 6.07 Å². The third-order valence-corrected chi connectivity index (χ3v) is 5.55. The summed E-state index contributed by atoms with van der Waals surface area (Å²) in [6.07, 6.45) is 0. The molecule has 2 aromatic carbocycles. The summed E-state index contributed by atoms with van der Waals surface area (Å²) in [5, 5.41) is 12.0. The molecule has 7 heteroatoms. The standard InChI is InChI=1S/C20H21Cl2FN2O2/c1-3-24(4-2)9-10-25-17-12-14(21)11-16(22)18(17)20(27,19(25)26)13-5-7-15(23)8-6-13/h5-8,11-12,27H,3-4,9-10H2,1-2H3. The summed E-state index contributed by atoms with van der Waals surface area (Å²) in [6.45, 7) is 6.82. The van der Waals surface area contributed by atoms with Crippen LogP contribution in [-0.4, -0.2) is 42.1 Å². The van der Waals surface area contributed by atoms with Gasteiger partial charge in [-0.3, -0.25) is 4.79 Å². The molecule has 1 N–H and O–H groups in total. The number of carbonyl (C=O) groups excluding carboxylic acids is 1. The van der Waals surface area contributed by atoms with Crippen LogP contribution in [0.15, 0.2) is 36.4 Å². The van der Waals surface area contributed by atoms with Gasteiger partial charge >= 0.3 is 0 Å². The molecule has 1 amide bonds. The smallest absolute Gasteiger partial charge is 0.268 e.